The zero-order valence-electron chi connectivity index (χ0n) is 15.2. The first-order chi connectivity index (χ1) is 13.8. The number of carbonyl (C=O) groups is 1. The van der Waals surface area contributed by atoms with Crippen molar-refractivity contribution in [3.63, 3.8) is 0 Å². The SMILES string of the molecule is Cn1nc(C(=O)C(C#N)S(=O)(=O)c2ccc(F)cc2)c2ccc3ccccc3c21. The number of nitriles is 1. The van der Waals surface area contributed by atoms with Crippen LogP contribution in [0.4, 0.5) is 4.39 Å². The molecule has 29 heavy (non-hydrogen) atoms. The standard InChI is InChI=1S/C21H14FN3O3S/c1-25-20-16-5-3-2-4-13(16)6-11-17(20)19(24-25)21(26)18(12-23)29(27,28)15-9-7-14(22)8-10-15/h2-11,18H,1H3. The summed E-state index contributed by atoms with van der Waals surface area (Å²) in [6.07, 6.45) is 0. The van der Waals surface area contributed by atoms with Gasteiger partial charge < -0.3 is 0 Å². The second-order valence-electron chi connectivity index (χ2n) is 6.53. The summed E-state index contributed by atoms with van der Waals surface area (Å²) in [5, 5.41) is 14.0. The molecular weight excluding hydrogens is 393 g/mol. The van der Waals surface area contributed by atoms with Gasteiger partial charge in [-0.2, -0.15) is 10.4 Å². The zero-order valence-corrected chi connectivity index (χ0v) is 16.0. The first-order valence-electron chi connectivity index (χ1n) is 8.62. The number of halogens is 1. The number of nitrogens with zero attached hydrogens (tertiary/aromatic N) is 3. The molecule has 3 aromatic carbocycles. The van der Waals surface area contributed by atoms with Crippen LogP contribution in [0.3, 0.4) is 0 Å². The summed E-state index contributed by atoms with van der Waals surface area (Å²) in [7, 11) is -2.69. The molecule has 8 heteroatoms. The third kappa shape index (κ3) is 2.96. The minimum absolute atomic E-state index is 0.0921. The lowest BCUT2D eigenvalue weighted by atomic mass is 10.0. The molecule has 0 aliphatic heterocycles. The van der Waals surface area contributed by atoms with Crippen molar-refractivity contribution in [2.45, 2.75) is 10.1 Å². The highest BCUT2D eigenvalue weighted by Gasteiger charge is 2.37. The molecule has 6 nitrogen and oxygen atoms in total. The fourth-order valence-electron chi connectivity index (χ4n) is 3.38. The number of fused-ring (bicyclic) bond motifs is 3. The van der Waals surface area contributed by atoms with Crippen LogP contribution in [0.2, 0.25) is 0 Å². The molecule has 144 valence electrons. The van der Waals surface area contributed by atoms with Crippen LogP contribution in [0.5, 0.6) is 0 Å². The Hall–Kier alpha value is -3.57. The summed E-state index contributed by atoms with van der Waals surface area (Å²) in [6, 6.07) is 16.6. The molecule has 0 spiro atoms. The van der Waals surface area contributed by atoms with Crippen molar-refractivity contribution in [2.75, 3.05) is 0 Å². The molecule has 0 fully saturated rings. The van der Waals surface area contributed by atoms with Gasteiger partial charge in [-0.05, 0) is 35.7 Å². The Kier molecular flexibility index (Phi) is 4.40. The molecule has 4 rings (SSSR count). The summed E-state index contributed by atoms with van der Waals surface area (Å²) < 4.78 is 40.3. The molecule has 0 radical (unpaired) electrons. The van der Waals surface area contributed by atoms with Gasteiger partial charge in [0.25, 0.3) is 0 Å². The van der Waals surface area contributed by atoms with Crippen molar-refractivity contribution in [2.24, 2.45) is 7.05 Å². The number of benzene rings is 3. The molecule has 0 aliphatic rings. The van der Waals surface area contributed by atoms with Gasteiger partial charge in [-0.15, -0.1) is 0 Å². The van der Waals surface area contributed by atoms with E-state index in [1.165, 1.54) is 4.68 Å². The highest BCUT2D eigenvalue weighted by Crippen LogP contribution is 2.29. The highest BCUT2D eigenvalue weighted by molar-refractivity contribution is 7.93. The fourth-order valence-corrected chi connectivity index (χ4v) is 4.70. The van der Waals surface area contributed by atoms with Gasteiger partial charge in [-0.25, -0.2) is 12.8 Å². The van der Waals surface area contributed by atoms with E-state index in [-0.39, 0.29) is 10.6 Å². The van der Waals surface area contributed by atoms with E-state index < -0.39 is 26.7 Å². The summed E-state index contributed by atoms with van der Waals surface area (Å²) >= 11 is 0. The van der Waals surface area contributed by atoms with Crippen LogP contribution >= 0.6 is 0 Å². The number of sulfone groups is 1. The molecule has 0 saturated heterocycles. The van der Waals surface area contributed by atoms with E-state index in [9.17, 15) is 22.9 Å². The van der Waals surface area contributed by atoms with E-state index in [0.29, 0.717) is 10.9 Å². The number of aromatic nitrogens is 2. The van der Waals surface area contributed by atoms with Crippen LogP contribution in [0.25, 0.3) is 21.7 Å². The van der Waals surface area contributed by atoms with Crippen LogP contribution in [-0.2, 0) is 16.9 Å². The van der Waals surface area contributed by atoms with Gasteiger partial charge in [0.05, 0.1) is 16.5 Å². The second-order valence-corrected chi connectivity index (χ2v) is 8.56. The third-order valence-electron chi connectivity index (χ3n) is 4.77. The molecule has 1 unspecified atom stereocenters. The molecule has 4 aromatic rings. The van der Waals surface area contributed by atoms with Crippen molar-refractivity contribution >= 4 is 37.3 Å². The summed E-state index contributed by atoms with van der Waals surface area (Å²) in [4.78, 5) is 12.8. The van der Waals surface area contributed by atoms with Crippen molar-refractivity contribution in [1.82, 2.24) is 9.78 Å². The third-order valence-corrected chi connectivity index (χ3v) is 6.64. The molecule has 0 N–H and O–H groups in total. The van der Waals surface area contributed by atoms with Gasteiger partial charge in [-0.1, -0.05) is 30.3 Å². The fraction of sp³-hybridized carbons (Fsp3) is 0.0952. The number of hydrogen-bond donors (Lipinski definition) is 0. The van der Waals surface area contributed by atoms with E-state index >= 15 is 0 Å². The smallest absolute Gasteiger partial charge is 0.216 e. The normalized spacial score (nSPS) is 12.7. The monoisotopic (exact) mass is 407 g/mol. The average molecular weight is 407 g/mol. The predicted molar refractivity (Wildman–Crippen MR) is 106 cm³/mol. The average Bonchev–Trinajstić information content (AvgIpc) is 3.05. The summed E-state index contributed by atoms with van der Waals surface area (Å²) in [6.45, 7) is 0. The number of rotatable bonds is 4. The van der Waals surface area contributed by atoms with Crippen LogP contribution in [0, 0.1) is 17.1 Å². The maximum Gasteiger partial charge on any atom is 0.216 e. The van der Waals surface area contributed by atoms with Gasteiger partial charge in [0.2, 0.25) is 20.9 Å². The quantitative estimate of drug-likeness (QED) is 0.382. The van der Waals surface area contributed by atoms with E-state index in [4.69, 9.17) is 0 Å². The van der Waals surface area contributed by atoms with Crippen LogP contribution in [-0.4, -0.2) is 29.2 Å². The van der Waals surface area contributed by atoms with E-state index in [2.05, 4.69) is 5.10 Å². The minimum Gasteiger partial charge on any atom is -0.290 e. The number of ketones is 1. The molecule has 0 aliphatic carbocycles. The number of carbonyl (C=O) groups excluding carboxylic acids is 1. The Bertz CT molecular complexity index is 1420. The zero-order chi connectivity index (χ0) is 20.8. The lowest BCUT2D eigenvalue weighted by molar-refractivity contribution is 0.0996. The van der Waals surface area contributed by atoms with E-state index in [1.54, 1.807) is 19.2 Å². The highest BCUT2D eigenvalue weighted by atomic mass is 32.2. The Morgan fingerprint density at radius 1 is 1.07 bits per heavy atom. The van der Waals surface area contributed by atoms with Crippen LogP contribution in [0.15, 0.2) is 65.6 Å². The molecule has 1 aromatic heterocycles. The number of Topliss-reactive ketones (excluding diaryl/α,β-unsaturated/α-hetero) is 1. The van der Waals surface area contributed by atoms with E-state index in [1.807, 2.05) is 30.3 Å². The molecular formula is C21H14FN3O3S. The number of hydrogen-bond acceptors (Lipinski definition) is 5. The first-order valence-corrected chi connectivity index (χ1v) is 10.2. The molecule has 0 amide bonds. The summed E-state index contributed by atoms with van der Waals surface area (Å²) in [5.74, 6) is -1.54. The van der Waals surface area contributed by atoms with Crippen molar-refractivity contribution in [3.8, 4) is 6.07 Å². The van der Waals surface area contributed by atoms with E-state index in [0.717, 1.165) is 35.0 Å². The van der Waals surface area contributed by atoms with Gasteiger partial charge >= 0.3 is 0 Å². The maximum atomic E-state index is 13.1. The Morgan fingerprint density at radius 2 is 1.76 bits per heavy atom. The Morgan fingerprint density at radius 3 is 2.45 bits per heavy atom. The Balaban J connectivity index is 1.87. The largest absolute Gasteiger partial charge is 0.290 e. The van der Waals surface area contributed by atoms with Crippen molar-refractivity contribution in [3.05, 3.63) is 72.2 Å². The Labute approximate surface area is 165 Å². The summed E-state index contributed by atoms with van der Waals surface area (Å²) in [5.41, 5.74) is 0.577. The van der Waals surface area contributed by atoms with Crippen molar-refractivity contribution < 1.29 is 17.6 Å². The lowest BCUT2D eigenvalue weighted by Gasteiger charge is -2.09. The predicted octanol–water partition coefficient (Wildman–Crippen LogP) is 3.41. The molecule has 1 atom stereocenters. The van der Waals surface area contributed by atoms with Gasteiger partial charge in [0, 0.05) is 17.8 Å². The van der Waals surface area contributed by atoms with Gasteiger partial charge in [-0.3, -0.25) is 9.48 Å². The molecule has 0 bridgehead atoms. The minimum atomic E-state index is -4.34. The van der Waals surface area contributed by atoms with Crippen LogP contribution in [0.1, 0.15) is 10.5 Å². The van der Waals surface area contributed by atoms with Crippen LogP contribution < -0.4 is 0 Å². The molecule has 0 saturated carbocycles. The van der Waals surface area contributed by atoms with Gasteiger partial charge in [0.1, 0.15) is 11.5 Å². The van der Waals surface area contributed by atoms with Crippen molar-refractivity contribution in [1.29, 1.82) is 5.26 Å². The maximum absolute atomic E-state index is 13.1. The number of aryl methyl sites for hydroxylation is 1. The topological polar surface area (TPSA) is 92.8 Å². The second kappa shape index (κ2) is 6.79. The molecule has 1 heterocycles. The first kappa shape index (κ1) is 18.8. The lowest BCUT2D eigenvalue weighted by Crippen LogP contribution is -2.29. The van der Waals surface area contributed by atoms with Gasteiger partial charge in [0.15, 0.2) is 0 Å².